The Morgan fingerprint density at radius 3 is 2.68 bits per heavy atom. The lowest BCUT2D eigenvalue weighted by atomic mass is 10.1. The average Bonchev–Trinajstić information content (AvgIpc) is 3.32. The van der Waals surface area contributed by atoms with E-state index in [-0.39, 0.29) is 11.9 Å². The quantitative estimate of drug-likeness (QED) is 0.659. The SMILES string of the molecule is Cc1cc(-c2ccn3c(C(=O)N(C)C4CCN(C#N)C4)cnc3c2)cc(C)n1. The van der Waals surface area contributed by atoms with E-state index in [9.17, 15) is 4.79 Å². The van der Waals surface area contributed by atoms with Crippen LogP contribution in [0.15, 0.2) is 36.7 Å². The van der Waals surface area contributed by atoms with Gasteiger partial charge in [0.15, 0.2) is 6.19 Å². The van der Waals surface area contributed by atoms with Crippen molar-refractivity contribution in [3.8, 4) is 17.3 Å². The first-order chi connectivity index (χ1) is 13.5. The minimum atomic E-state index is -0.0827. The number of aryl methyl sites for hydroxylation is 2. The molecular formula is C21H22N6O. The lowest BCUT2D eigenvalue weighted by molar-refractivity contribution is 0.0732. The second-order valence-corrected chi connectivity index (χ2v) is 7.33. The highest BCUT2D eigenvalue weighted by atomic mass is 16.2. The summed E-state index contributed by atoms with van der Waals surface area (Å²) in [6, 6.07) is 8.11. The van der Waals surface area contributed by atoms with Crippen molar-refractivity contribution >= 4 is 11.6 Å². The maximum absolute atomic E-state index is 13.0. The number of nitriles is 1. The Kier molecular flexibility index (Phi) is 4.47. The maximum Gasteiger partial charge on any atom is 0.272 e. The Balaban J connectivity index is 1.63. The van der Waals surface area contributed by atoms with Gasteiger partial charge < -0.3 is 9.80 Å². The molecule has 1 fully saturated rings. The molecule has 0 bridgehead atoms. The molecule has 3 aromatic heterocycles. The standard InChI is InChI=1S/C21H22N6O/c1-14-8-17(9-15(2)24-14)16-4-7-27-19(11-23-20(27)10-16)21(28)25(3)18-5-6-26(12-18)13-22/h4,7-11,18H,5-6,12H2,1-3H3. The molecule has 28 heavy (non-hydrogen) atoms. The number of hydrogen-bond donors (Lipinski definition) is 0. The van der Waals surface area contributed by atoms with E-state index in [0.717, 1.165) is 34.6 Å². The Bertz CT molecular complexity index is 1080. The van der Waals surface area contributed by atoms with Crippen molar-refractivity contribution in [1.82, 2.24) is 24.2 Å². The van der Waals surface area contributed by atoms with Crippen LogP contribution in [0.3, 0.4) is 0 Å². The van der Waals surface area contributed by atoms with E-state index in [1.54, 1.807) is 23.0 Å². The van der Waals surface area contributed by atoms with Gasteiger partial charge >= 0.3 is 0 Å². The molecule has 1 unspecified atom stereocenters. The number of likely N-dealkylation sites (tertiary alicyclic amines) is 1. The van der Waals surface area contributed by atoms with Crippen LogP contribution >= 0.6 is 0 Å². The zero-order valence-corrected chi connectivity index (χ0v) is 16.3. The predicted molar refractivity (Wildman–Crippen MR) is 106 cm³/mol. The summed E-state index contributed by atoms with van der Waals surface area (Å²) in [6.07, 6.45) is 6.47. The van der Waals surface area contributed by atoms with Gasteiger partial charge in [-0.05, 0) is 55.7 Å². The molecule has 1 amide bonds. The van der Waals surface area contributed by atoms with Gasteiger partial charge in [-0.3, -0.25) is 14.2 Å². The number of likely N-dealkylation sites (N-methyl/N-ethyl adjacent to an activating group) is 1. The number of pyridine rings is 2. The van der Waals surface area contributed by atoms with Crippen molar-refractivity contribution in [2.24, 2.45) is 0 Å². The molecule has 0 spiro atoms. The van der Waals surface area contributed by atoms with Crippen LogP contribution in [0.2, 0.25) is 0 Å². The molecule has 0 radical (unpaired) electrons. The molecule has 4 heterocycles. The van der Waals surface area contributed by atoms with Crippen molar-refractivity contribution in [1.29, 1.82) is 5.26 Å². The molecule has 4 rings (SSSR count). The summed E-state index contributed by atoms with van der Waals surface area (Å²) in [5.41, 5.74) is 5.33. The van der Waals surface area contributed by atoms with Gasteiger partial charge in [0.05, 0.1) is 12.2 Å². The molecular weight excluding hydrogens is 352 g/mol. The highest BCUT2D eigenvalue weighted by Crippen LogP contribution is 2.23. The number of imidazole rings is 1. The third-order valence-corrected chi connectivity index (χ3v) is 5.32. The van der Waals surface area contributed by atoms with Crippen molar-refractivity contribution in [3.63, 3.8) is 0 Å². The predicted octanol–water partition coefficient (Wildman–Crippen LogP) is 2.64. The normalized spacial score (nSPS) is 16.4. The molecule has 0 aromatic carbocycles. The lowest BCUT2D eigenvalue weighted by Gasteiger charge is -2.23. The Hall–Kier alpha value is -3.40. The molecule has 7 nitrogen and oxygen atoms in total. The second-order valence-electron chi connectivity index (χ2n) is 7.33. The summed E-state index contributed by atoms with van der Waals surface area (Å²) >= 11 is 0. The van der Waals surface area contributed by atoms with E-state index in [1.807, 2.05) is 48.7 Å². The van der Waals surface area contributed by atoms with E-state index >= 15 is 0 Å². The van der Waals surface area contributed by atoms with Crippen LogP contribution in [0, 0.1) is 25.3 Å². The van der Waals surface area contributed by atoms with Gasteiger partial charge in [-0.2, -0.15) is 5.26 Å². The smallest absolute Gasteiger partial charge is 0.272 e. The molecule has 142 valence electrons. The van der Waals surface area contributed by atoms with Crippen LogP contribution in [-0.2, 0) is 0 Å². The fraction of sp³-hybridized carbons (Fsp3) is 0.333. The number of nitrogens with zero attached hydrogens (tertiary/aromatic N) is 6. The van der Waals surface area contributed by atoms with E-state index in [0.29, 0.717) is 18.8 Å². The van der Waals surface area contributed by atoms with Gasteiger partial charge in [0.2, 0.25) is 0 Å². The van der Waals surface area contributed by atoms with Crippen LogP contribution < -0.4 is 0 Å². The van der Waals surface area contributed by atoms with Gasteiger partial charge in [-0.15, -0.1) is 0 Å². The zero-order valence-electron chi connectivity index (χ0n) is 16.3. The Labute approximate surface area is 163 Å². The van der Waals surface area contributed by atoms with Crippen molar-refractivity contribution in [2.45, 2.75) is 26.3 Å². The van der Waals surface area contributed by atoms with E-state index in [1.165, 1.54) is 0 Å². The summed E-state index contributed by atoms with van der Waals surface area (Å²) in [4.78, 5) is 25.3. The molecule has 7 heteroatoms. The molecule has 0 aliphatic carbocycles. The fourth-order valence-corrected chi connectivity index (χ4v) is 3.81. The number of carbonyl (C=O) groups is 1. The topological polar surface area (TPSA) is 77.5 Å². The monoisotopic (exact) mass is 374 g/mol. The first-order valence-corrected chi connectivity index (χ1v) is 9.31. The average molecular weight is 374 g/mol. The minimum Gasteiger partial charge on any atom is -0.336 e. The summed E-state index contributed by atoms with van der Waals surface area (Å²) in [5, 5.41) is 9.04. The minimum absolute atomic E-state index is 0.0414. The van der Waals surface area contributed by atoms with Crippen LogP contribution in [0.5, 0.6) is 0 Å². The zero-order chi connectivity index (χ0) is 19.8. The maximum atomic E-state index is 13.0. The van der Waals surface area contributed by atoms with Crippen LogP contribution in [-0.4, -0.2) is 56.3 Å². The van der Waals surface area contributed by atoms with Crippen molar-refractivity contribution in [2.75, 3.05) is 20.1 Å². The molecule has 1 atom stereocenters. The third-order valence-electron chi connectivity index (χ3n) is 5.32. The summed E-state index contributed by atoms with van der Waals surface area (Å²) < 4.78 is 1.82. The Morgan fingerprint density at radius 2 is 2.00 bits per heavy atom. The molecule has 0 N–H and O–H groups in total. The van der Waals surface area contributed by atoms with Gasteiger partial charge in [0, 0.05) is 37.7 Å². The van der Waals surface area contributed by atoms with E-state index in [2.05, 4.69) is 16.2 Å². The number of aromatic nitrogens is 3. The summed E-state index contributed by atoms with van der Waals surface area (Å²) in [7, 11) is 1.80. The van der Waals surface area contributed by atoms with Gasteiger partial charge in [0.25, 0.3) is 5.91 Å². The Morgan fingerprint density at radius 1 is 1.25 bits per heavy atom. The van der Waals surface area contributed by atoms with Crippen LogP contribution in [0.4, 0.5) is 0 Å². The number of rotatable bonds is 3. The molecule has 0 saturated carbocycles. The van der Waals surface area contributed by atoms with Crippen molar-refractivity contribution < 1.29 is 4.79 Å². The largest absolute Gasteiger partial charge is 0.336 e. The lowest BCUT2D eigenvalue weighted by Crippen LogP contribution is -2.39. The van der Waals surface area contributed by atoms with Gasteiger partial charge in [-0.1, -0.05) is 0 Å². The highest BCUT2D eigenvalue weighted by Gasteiger charge is 2.29. The summed E-state index contributed by atoms with van der Waals surface area (Å²) in [5.74, 6) is -0.0827. The van der Waals surface area contributed by atoms with Gasteiger partial charge in [-0.25, -0.2) is 4.98 Å². The van der Waals surface area contributed by atoms with Crippen LogP contribution in [0.1, 0.15) is 28.3 Å². The van der Waals surface area contributed by atoms with Crippen LogP contribution in [0.25, 0.3) is 16.8 Å². The van der Waals surface area contributed by atoms with Gasteiger partial charge in [0.1, 0.15) is 11.3 Å². The van der Waals surface area contributed by atoms with E-state index in [4.69, 9.17) is 5.26 Å². The molecule has 3 aromatic rings. The number of fused-ring (bicyclic) bond motifs is 1. The molecule has 1 saturated heterocycles. The second kappa shape index (κ2) is 6.97. The molecule has 1 aliphatic rings. The number of carbonyl (C=O) groups excluding carboxylic acids is 1. The first-order valence-electron chi connectivity index (χ1n) is 9.31. The third kappa shape index (κ3) is 3.18. The summed E-state index contributed by atoms with van der Waals surface area (Å²) in [6.45, 7) is 5.24. The first kappa shape index (κ1) is 18.0. The van der Waals surface area contributed by atoms with Crippen molar-refractivity contribution in [3.05, 3.63) is 53.7 Å². The van der Waals surface area contributed by atoms with E-state index < -0.39 is 0 Å². The fourth-order valence-electron chi connectivity index (χ4n) is 3.81. The number of hydrogen-bond acceptors (Lipinski definition) is 5. The number of amides is 1. The molecule has 1 aliphatic heterocycles. The highest BCUT2D eigenvalue weighted by molar-refractivity contribution is 5.93.